The van der Waals surface area contributed by atoms with Crippen LogP contribution in [0.2, 0.25) is 0 Å². The van der Waals surface area contributed by atoms with Gasteiger partial charge < -0.3 is 10.3 Å². The number of carbonyl (C=O) groups excluding carboxylic acids is 1. The van der Waals surface area contributed by atoms with Crippen molar-refractivity contribution in [1.82, 2.24) is 15.3 Å². The van der Waals surface area contributed by atoms with E-state index in [4.69, 9.17) is 0 Å². The molecule has 0 radical (unpaired) electrons. The Bertz CT molecular complexity index is 1230. The topological polar surface area (TPSA) is 61.0 Å². The maximum atomic E-state index is 12.9. The van der Waals surface area contributed by atoms with Crippen molar-refractivity contribution in [3.8, 4) is 11.1 Å². The van der Waals surface area contributed by atoms with Crippen molar-refractivity contribution in [3.63, 3.8) is 0 Å². The number of amides is 2. The van der Waals surface area contributed by atoms with Crippen LogP contribution < -0.4 is 10.2 Å². The summed E-state index contributed by atoms with van der Waals surface area (Å²) < 4.78 is 38.6. The zero-order valence-corrected chi connectivity index (χ0v) is 16.2. The Balaban J connectivity index is 1.44. The standard InChI is InChI=1S/C21H15F3N4OS/c22-21(23,24)19-7-14(10-30-19)12-1-3-13(4-2-12)18-9-25-20(29)28(18)15-5-6-16-17(8-15)27-11-26-16/h1-8,10-11,18H,9H2,(H,25,29)(H,26,27). The number of H-pyrrole nitrogens is 1. The molecule has 1 saturated heterocycles. The first-order chi connectivity index (χ1) is 14.4. The number of carbonyl (C=O) groups is 1. The average Bonchev–Trinajstić information content (AvgIpc) is 3.46. The van der Waals surface area contributed by atoms with Gasteiger partial charge in [-0.2, -0.15) is 13.2 Å². The number of benzene rings is 2. The van der Waals surface area contributed by atoms with E-state index in [1.54, 1.807) is 23.4 Å². The molecule has 2 aromatic carbocycles. The van der Waals surface area contributed by atoms with E-state index in [1.807, 2.05) is 30.3 Å². The second kappa shape index (κ2) is 6.88. The number of nitrogens with one attached hydrogen (secondary N) is 2. The van der Waals surface area contributed by atoms with Gasteiger partial charge in [0.15, 0.2) is 0 Å². The molecule has 2 aromatic heterocycles. The van der Waals surface area contributed by atoms with Crippen molar-refractivity contribution >= 4 is 34.1 Å². The van der Waals surface area contributed by atoms with Crippen molar-refractivity contribution in [2.24, 2.45) is 0 Å². The second-order valence-electron chi connectivity index (χ2n) is 7.00. The molecule has 5 rings (SSSR count). The zero-order chi connectivity index (χ0) is 20.9. The first-order valence-corrected chi connectivity index (χ1v) is 10.0. The van der Waals surface area contributed by atoms with Gasteiger partial charge >= 0.3 is 12.2 Å². The fourth-order valence-electron chi connectivity index (χ4n) is 3.67. The maximum Gasteiger partial charge on any atom is 0.425 e. The quantitative estimate of drug-likeness (QED) is 0.447. The molecule has 1 atom stereocenters. The summed E-state index contributed by atoms with van der Waals surface area (Å²) in [4.78, 5) is 20.8. The third-order valence-corrected chi connectivity index (χ3v) is 6.14. The summed E-state index contributed by atoms with van der Waals surface area (Å²) in [5, 5.41) is 4.37. The third-order valence-electron chi connectivity index (χ3n) is 5.17. The van der Waals surface area contributed by atoms with Gasteiger partial charge in [-0.1, -0.05) is 24.3 Å². The monoisotopic (exact) mass is 428 g/mol. The lowest BCUT2D eigenvalue weighted by Crippen LogP contribution is -2.29. The number of rotatable bonds is 3. The fraction of sp³-hybridized carbons (Fsp3) is 0.143. The van der Waals surface area contributed by atoms with Crippen LogP contribution in [-0.2, 0) is 6.18 Å². The highest BCUT2D eigenvalue weighted by molar-refractivity contribution is 7.10. The summed E-state index contributed by atoms with van der Waals surface area (Å²) in [5.41, 5.74) is 4.51. The Morgan fingerprint density at radius 1 is 1.07 bits per heavy atom. The Kier molecular flexibility index (Phi) is 4.28. The Labute approximate surface area is 173 Å². The molecule has 0 aliphatic carbocycles. The lowest BCUT2D eigenvalue weighted by molar-refractivity contribution is -0.134. The third kappa shape index (κ3) is 3.21. The number of hydrogen-bond donors (Lipinski definition) is 2. The summed E-state index contributed by atoms with van der Waals surface area (Å²) in [5.74, 6) is 0. The lowest BCUT2D eigenvalue weighted by Gasteiger charge is -2.23. The Morgan fingerprint density at radius 2 is 1.87 bits per heavy atom. The molecule has 1 unspecified atom stereocenters. The summed E-state index contributed by atoms with van der Waals surface area (Å²) in [6.07, 6.45) is -2.74. The number of anilines is 1. The van der Waals surface area contributed by atoms with Crippen LogP contribution in [-0.4, -0.2) is 22.5 Å². The number of aromatic nitrogens is 2. The molecule has 1 fully saturated rings. The van der Waals surface area contributed by atoms with E-state index in [9.17, 15) is 18.0 Å². The number of halogens is 3. The molecule has 2 amide bonds. The van der Waals surface area contributed by atoms with Crippen molar-refractivity contribution in [3.05, 3.63) is 70.7 Å². The molecular weight excluding hydrogens is 413 g/mol. The molecule has 4 aromatic rings. The smallest absolute Gasteiger partial charge is 0.345 e. The maximum absolute atomic E-state index is 12.9. The fourth-order valence-corrected chi connectivity index (χ4v) is 4.46. The van der Waals surface area contributed by atoms with Crippen molar-refractivity contribution in [1.29, 1.82) is 0 Å². The number of thiophene rings is 1. The average molecular weight is 428 g/mol. The van der Waals surface area contributed by atoms with Gasteiger partial charge in [-0.3, -0.25) is 4.90 Å². The molecule has 1 aliphatic heterocycles. The number of aromatic amines is 1. The van der Waals surface area contributed by atoms with Crippen LogP contribution in [0.4, 0.5) is 23.7 Å². The van der Waals surface area contributed by atoms with Crippen LogP contribution >= 0.6 is 11.3 Å². The molecule has 0 saturated carbocycles. The minimum Gasteiger partial charge on any atom is -0.345 e. The number of alkyl halides is 3. The van der Waals surface area contributed by atoms with E-state index in [1.165, 1.54) is 5.38 Å². The molecular formula is C21H15F3N4OS. The van der Waals surface area contributed by atoms with Gasteiger partial charge in [0, 0.05) is 12.2 Å². The number of fused-ring (bicyclic) bond motifs is 1. The second-order valence-corrected chi connectivity index (χ2v) is 7.91. The predicted molar refractivity (Wildman–Crippen MR) is 109 cm³/mol. The minimum absolute atomic E-state index is 0.199. The van der Waals surface area contributed by atoms with E-state index in [2.05, 4.69) is 15.3 Å². The zero-order valence-electron chi connectivity index (χ0n) is 15.4. The SMILES string of the molecule is O=C1NCC(c2ccc(-c3csc(C(F)(F)F)c3)cc2)N1c1ccc2nc[nH]c2c1. The van der Waals surface area contributed by atoms with Gasteiger partial charge in [-0.05, 0) is 46.3 Å². The van der Waals surface area contributed by atoms with E-state index >= 15 is 0 Å². The summed E-state index contributed by atoms with van der Waals surface area (Å²) in [7, 11) is 0. The number of imidazole rings is 1. The highest BCUT2D eigenvalue weighted by Crippen LogP contribution is 2.38. The summed E-state index contributed by atoms with van der Waals surface area (Å²) >= 11 is 0.684. The lowest BCUT2D eigenvalue weighted by atomic mass is 10.0. The van der Waals surface area contributed by atoms with Crippen LogP contribution in [0.15, 0.2) is 60.2 Å². The molecule has 152 valence electrons. The normalized spacial score (nSPS) is 17.0. The molecule has 9 heteroatoms. The first kappa shape index (κ1) is 18.7. The number of hydrogen-bond acceptors (Lipinski definition) is 3. The highest BCUT2D eigenvalue weighted by atomic mass is 32.1. The van der Waals surface area contributed by atoms with Crippen LogP contribution in [0.1, 0.15) is 16.5 Å². The molecule has 5 nitrogen and oxygen atoms in total. The predicted octanol–water partition coefficient (Wildman–Crippen LogP) is 5.58. The van der Waals surface area contributed by atoms with Crippen LogP contribution in [0.3, 0.4) is 0 Å². The highest BCUT2D eigenvalue weighted by Gasteiger charge is 2.34. The first-order valence-electron chi connectivity index (χ1n) is 9.16. The van der Waals surface area contributed by atoms with Gasteiger partial charge in [-0.25, -0.2) is 9.78 Å². The summed E-state index contributed by atoms with van der Waals surface area (Å²) in [6.45, 7) is 0.440. The summed E-state index contributed by atoms with van der Waals surface area (Å²) in [6, 6.07) is 13.6. The van der Waals surface area contributed by atoms with Crippen LogP contribution in [0, 0.1) is 0 Å². The van der Waals surface area contributed by atoms with Gasteiger partial charge in [0.25, 0.3) is 0 Å². The van der Waals surface area contributed by atoms with Gasteiger partial charge in [0.2, 0.25) is 0 Å². The van der Waals surface area contributed by atoms with Crippen LogP contribution in [0.25, 0.3) is 22.2 Å². The largest absolute Gasteiger partial charge is 0.425 e. The molecule has 2 N–H and O–H groups in total. The molecule has 1 aliphatic rings. The van der Waals surface area contributed by atoms with Crippen molar-refractivity contribution in [2.45, 2.75) is 12.2 Å². The number of urea groups is 1. The molecule has 0 spiro atoms. The van der Waals surface area contributed by atoms with Gasteiger partial charge in [0.1, 0.15) is 4.88 Å². The Hall–Kier alpha value is -3.33. The van der Waals surface area contributed by atoms with E-state index < -0.39 is 11.1 Å². The molecule has 30 heavy (non-hydrogen) atoms. The van der Waals surface area contributed by atoms with Gasteiger partial charge in [-0.15, -0.1) is 11.3 Å². The van der Waals surface area contributed by atoms with Crippen LogP contribution in [0.5, 0.6) is 0 Å². The molecule has 3 heterocycles. The van der Waals surface area contributed by atoms with Crippen molar-refractivity contribution in [2.75, 3.05) is 11.4 Å². The van der Waals surface area contributed by atoms with Gasteiger partial charge in [0.05, 0.1) is 23.4 Å². The van der Waals surface area contributed by atoms with Crippen molar-refractivity contribution < 1.29 is 18.0 Å². The Morgan fingerprint density at radius 3 is 2.60 bits per heavy atom. The van der Waals surface area contributed by atoms with E-state index in [-0.39, 0.29) is 12.1 Å². The minimum atomic E-state index is -4.34. The van der Waals surface area contributed by atoms with E-state index in [0.717, 1.165) is 28.4 Å². The van der Waals surface area contributed by atoms with E-state index in [0.29, 0.717) is 29.0 Å². The number of nitrogens with zero attached hydrogens (tertiary/aromatic N) is 2. The molecule has 0 bridgehead atoms.